The predicted octanol–water partition coefficient (Wildman–Crippen LogP) is 4.53. The second kappa shape index (κ2) is 7.59. The lowest BCUT2D eigenvalue weighted by atomic mass is 10.1. The van der Waals surface area contributed by atoms with Crippen LogP contribution < -0.4 is 10.1 Å². The summed E-state index contributed by atoms with van der Waals surface area (Å²) in [5.41, 5.74) is 2.48. The molecule has 0 saturated heterocycles. The van der Waals surface area contributed by atoms with Crippen molar-refractivity contribution < 1.29 is 14.1 Å². The van der Waals surface area contributed by atoms with Crippen LogP contribution in [-0.4, -0.2) is 22.7 Å². The third-order valence-corrected chi connectivity index (χ3v) is 4.81. The summed E-state index contributed by atoms with van der Waals surface area (Å²) in [5, 5.41) is 7.39. The van der Waals surface area contributed by atoms with Crippen LogP contribution in [-0.2, 0) is 11.2 Å². The quantitative estimate of drug-likeness (QED) is 0.532. The van der Waals surface area contributed by atoms with Crippen molar-refractivity contribution in [3.63, 3.8) is 0 Å². The first-order valence-electron chi connectivity index (χ1n) is 8.55. The van der Waals surface area contributed by atoms with E-state index in [2.05, 4.69) is 15.5 Å². The van der Waals surface area contributed by atoms with Gasteiger partial charge in [-0.25, -0.2) is 4.98 Å². The summed E-state index contributed by atoms with van der Waals surface area (Å²) in [5.74, 6) is 1.10. The summed E-state index contributed by atoms with van der Waals surface area (Å²) in [7, 11) is 0. The van der Waals surface area contributed by atoms with E-state index in [1.165, 1.54) is 11.3 Å². The lowest BCUT2D eigenvalue weighted by molar-refractivity contribution is -0.115. The molecule has 0 aliphatic carbocycles. The van der Waals surface area contributed by atoms with Gasteiger partial charge in [0.05, 0.1) is 23.2 Å². The monoisotopic (exact) mass is 379 g/mol. The van der Waals surface area contributed by atoms with Crippen LogP contribution in [0.4, 0.5) is 5.13 Å². The van der Waals surface area contributed by atoms with Crippen molar-refractivity contribution in [3.05, 3.63) is 60.4 Å². The highest BCUT2D eigenvalue weighted by molar-refractivity contribution is 7.22. The standard InChI is InChI=1S/C20H17N3O3S/c1-2-25-14-8-9-16-18(11-14)27-20(21-16)22-19(24)12-15-10-17(23-26-15)13-6-4-3-5-7-13/h3-11H,2,12H2,1H3,(H,21,22,24). The first-order chi connectivity index (χ1) is 13.2. The van der Waals surface area contributed by atoms with Gasteiger partial charge in [-0.3, -0.25) is 4.79 Å². The van der Waals surface area contributed by atoms with E-state index in [0.717, 1.165) is 21.5 Å². The Labute approximate surface area is 159 Å². The van der Waals surface area contributed by atoms with Crippen molar-refractivity contribution in [2.75, 3.05) is 11.9 Å². The molecule has 136 valence electrons. The Balaban J connectivity index is 1.43. The summed E-state index contributed by atoms with van der Waals surface area (Å²) >= 11 is 1.41. The molecule has 0 atom stereocenters. The van der Waals surface area contributed by atoms with Crippen LogP contribution in [0.25, 0.3) is 21.5 Å². The Kier molecular flexibility index (Phi) is 4.84. The van der Waals surface area contributed by atoms with E-state index in [0.29, 0.717) is 23.2 Å². The van der Waals surface area contributed by atoms with Gasteiger partial charge in [0, 0.05) is 11.6 Å². The zero-order chi connectivity index (χ0) is 18.6. The maximum absolute atomic E-state index is 12.3. The van der Waals surface area contributed by atoms with Crippen molar-refractivity contribution in [3.8, 4) is 17.0 Å². The first kappa shape index (κ1) is 17.2. The molecule has 0 aliphatic heterocycles. The van der Waals surface area contributed by atoms with E-state index in [-0.39, 0.29) is 12.3 Å². The van der Waals surface area contributed by atoms with Crippen LogP contribution in [0.2, 0.25) is 0 Å². The lowest BCUT2D eigenvalue weighted by Crippen LogP contribution is -2.13. The number of fused-ring (bicyclic) bond motifs is 1. The molecule has 2 aromatic heterocycles. The van der Waals surface area contributed by atoms with Gasteiger partial charge in [0.1, 0.15) is 17.2 Å². The molecule has 6 nitrogen and oxygen atoms in total. The van der Waals surface area contributed by atoms with Gasteiger partial charge in [-0.15, -0.1) is 0 Å². The molecule has 1 amide bonds. The normalized spacial score (nSPS) is 10.9. The highest BCUT2D eigenvalue weighted by Gasteiger charge is 2.13. The van der Waals surface area contributed by atoms with Crippen molar-refractivity contribution in [1.29, 1.82) is 0 Å². The Morgan fingerprint density at radius 3 is 2.85 bits per heavy atom. The fourth-order valence-electron chi connectivity index (χ4n) is 2.68. The van der Waals surface area contributed by atoms with Crippen molar-refractivity contribution in [2.45, 2.75) is 13.3 Å². The number of amides is 1. The van der Waals surface area contributed by atoms with Crippen LogP contribution in [0.1, 0.15) is 12.7 Å². The van der Waals surface area contributed by atoms with Gasteiger partial charge < -0.3 is 14.6 Å². The maximum atomic E-state index is 12.3. The Morgan fingerprint density at radius 2 is 2.04 bits per heavy atom. The van der Waals surface area contributed by atoms with Crippen LogP contribution in [0.15, 0.2) is 59.1 Å². The van der Waals surface area contributed by atoms with Crippen molar-refractivity contribution >= 4 is 32.6 Å². The van der Waals surface area contributed by atoms with Gasteiger partial charge in [0.25, 0.3) is 0 Å². The Hall–Kier alpha value is -3.19. The number of carbonyl (C=O) groups excluding carboxylic acids is 1. The Morgan fingerprint density at radius 1 is 1.19 bits per heavy atom. The Bertz CT molecular complexity index is 1070. The molecular weight excluding hydrogens is 362 g/mol. The third kappa shape index (κ3) is 3.98. The number of thiazole rings is 1. The largest absolute Gasteiger partial charge is 0.494 e. The van der Waals surface area contributed by atoms with E-state index >= 15 is 0 Å². The van der Waals surface area contributed by atoms with Gasteiger partial charge in [-0.05, 0) is 25.1 Å². The molecule has 0 radical (unpaired) electrons. The van der Waals surface area contributed by atoms with Gasteiger partial charge >= 0.3 is 0 Å². The van der Waals surface area contributed by atoms with Gasteiger partial charge in [0.2, 0.25) is 5.91 Å². The van der Waals surface area contributed by atoms with Crippen molar-refractivity contribution in [2.24, 2.45) is 0 Å². The summed E-state index contributed by atoms with van der Waals surface area (Å²) in [6.07, 6.45) is 0.0972. The minimum Gasteiger partial charge on any atom is -0.494 e. The number of nitrogens with one attached hydrogen (secondary N) is 1. The summed E-state index contributed by atoms with van der Waals surface area (Å²) in [4.78, 5) is 16.8. The second-order valence-corrected chi connectivity index (χ2v) is 6.88. The highest BCUT2D eigenvalue weighted by Crippen LogP contribution is 2.29. The SMILES string of the molecule is CCOc1ccc2nc(NC(=O)Cc3cc(-c4ccccc4)no3)sc2c1. The molecule has 1 N–H and O–H groups in total. The van der Waals surface area contributed by atoms with E-state index in [1.54, 1.807) is 6.07 Å². The number of carbonyl (C=O) groups is 1. The second-order valence-electron chi connectivity index (χ2n) is 5.85. The summed E-state index contributed by atoms with van der Waals surface area (Å²) in [6, 6.07) is 17.1. The minimum absolute atomic E-state index is 0.0972. The number of anilines is 1. The number of hydrogen-bond donors (Lipinski definition) is 1. The van der Waals surface area contributed by atoms with E-state index < -0.39 is 0 Å². The molecule has 0 aliphatic rings. The van der Waals surface area contributed by atoms with E-state index in [1.807, 2.05) is 55.5 Å². The first-order valence-corrected chi connectivity index (χ1v) is 9.37. The molecular formula is C20H17N3O3S. The molecule has 0 spiro atoms. The number of nitrogens with zero attached hydrogens (tertiary/aromatic N) is 2. The van der Waals surface area contributed by atoms with Gasteiger partial charge in [-0.1, -0.05) is 46.8 Å². The van der Waals surface area contributed by atoms with Gasteiger partial charge in [-0.2, -0.15) is 0 Å². The predicted molar refractivity (Wildman–Crippen MR) is 105 cm³/mol. The number of ether oxygens (including phenoxy) is 1. The summed E-state index contributed by atoms with van der Waals surface area (Å²) < 4.78 is 11.7. The van der Waals surface area contributed by atoms with Crippen LogP contribution in [0, 0.1) is 0 Å². The smallest absolute Gasteiger partial charge is 0.233 e. The average molecular weight is 379 g/mol. The molecule has 0 unspecified atom stereocenters. The number of benzene rings is 2. The highest BCUT2D eigenvalue weighted by atomic mass is 32.1. The molecule has 2 aromatic carbocycles. The molecule has 0 saturated carbocycles. The zero-order valence-electron chi connectivity index (χ0n) is 14.6. The van der Waals surface area contributed by atoms with Crippen LogP contribution in [0.3, 0.4) is 0 Å². The summed E-state index contributed by atoms with van der Waals surface area (Å²) in [6.45, 7) is 2.55. The fourth-order valence-corrected chi connectivity index (χ4v) is 3.59. The number of aromatic nitrogens is 2. The fraction of sp³-hybridized carbons (Fsp3) is 0.150. The maximum Gasteiger partial charge on any atom is 0.233 e. The number of rotatable bonds is 6. The lowest BCUT2D eigenvalue weighted by Gasteiger charge is -2.00. The molecule has 0 bridgehead atoms. The molecule has 2 heterocycles. The van der Waals surface area contributed by atoms with Gasteiger partial charge in [0.15, 0.2) is 5.13 Å². The molecule has 27 heavy (non-hydrogen) atoms. The van der Waals surface area contributed by atoms with Crippen molar-refractivity contribution in [1.82, 2.24) is 10.1 Å². The van der Waals surface area contributed by atoms with Crippen LogP contribution in [0.5, 0.6) is 5.75 Å². The van der Waals surface area contributed by atoms with E-state index in [9.17, 15) is 4.79 Å². The third-order valence-electron chi connectivity index (χ3n) is 3.88. The molecule has 7 heteroatoms. The number of hydrogen-bond acceptors (Lipinski definition) is 6. The topological polar surface area (TPSA) is 77.2 Å². The zero-order valence-corrected chi connectivity index (χ0v) is 15.5. The minimum atomic E-state index is -0.199. The molecule has 4 aromatic rings. The molecule has 4 rings (SSSR count). The average Bonchev–Trinajstić information content (AvgIpc) is 3.28. The molecule has 0 fully saturated rings. The van der Waals surface area contributed by atoms with Crippen LogP contribution >= 0.6 is 11.3 Å². The van der Waals surface area contributed by atoms with E-state index in [4.69, 9.17) is 9.26 Å².